The molecule has 0 heterocycles. The van der Waals surface area contributed by atoms with Crippen LogP contribution in [0.15, 0.2) is 18.2 Å². The van der Waals surface area contributed by atoms with Crippen molar-refractivity contribution in [2.24, 2.45) is 5.73 Å². The average molecular weight is 165 g/mol. The second kappa shape index (κ2) is 3.36. The summed E-state index contributed by atoms with van der Waals surface area (Å²) in [7, 11) is 0. The van der Waals surface area contributed by atoms with E-state index in [0.29, 0.717) is 12.1 Å². The molecule has 1 rings (SSSR count). The first-order valence-corrected chi connectivity index (χ1v) is 3.68. The van der Waals surface area contributed by atoms with Gasteiger partial charge in [-0.1, -0.05) is 6.07 Å². The number of rotatable bonds is 2. The number of carbonyl (C=O) groups is 1. The molecule has 0 fully saturated rings. The molecule has 0 saturated carbocycles. The fraction of sp³-hybridized carbons (Fsp3) is 0.222. The molecule has 64 valence electrons. The summed E-state index contributed by atoms with van der Waals surface area (Å²) in [5.74, 6) is -0.137. The fourth-order valence-corrected chi connectivity index (χ4v) is 0.992. The van der Waals surface area contributed by atoms with E-state index in [0.717, 1.165) is 5.56 Å². The Morgan fingerprint density at radius 2 is 2.25 bits per heavy atom. The Labute approximate surface area is 70.8 Å². The highest BCUT2D eigenvalue weighted by Gasteiger charge is 2.05. The van der Waals surface area contributed by atoms with Crippen LogP contribution in [-0.4, -0.2) is 10.9 Å². The molecule has 0 aliphatic carbocycles. The Morgan fingerprint density at radius 3 is 2.75 bits per heavy atom. The molecule has 3 nitrogen and oxygen atoms in total. The monoisotopic (exact) mass is 165 g/mol. The van der Waals surface area contributed by atoms with Crippen molar-refractivity contribution in [1.29, 1.82) is 0 Å². The maximum atomic E-state index is 10.9. The van der Waals surface area contributed by atoms with Crippen LogP contribution in [0.5, 0.6) is 5.75 Å². The number of phenolic OH excluding ortho intramolecular Hbond substituents is 1. The maximum Gasteiger partial charge on any atom is 0.163 e. The van der Waals surface area contributed by atoms with Crippen molar-refractivity contribution < 1.29 is 9.90 Å². The quantitative estimate of drug-likeness (QED) is 0.644. The number of carbonyl (C=O) groups excluding carboxylic acids is 1. The molecular formula is C9H11NO2. The molecule has 12 heavy (non-hydrogen) atoms. The van der Waals surface area contributed by atoms with Gasteiger partial charge >= 0.3 is 0 Å². The van der Waals surface area contributed by atoms with Crippen LogP contribution in [0.3, 0.4) is 0 Å². The number of hydrogen-bond donors (Lipinski definition) is 2. The topological polar surface area (TPSA) is 63.3 Å². The van der Waals surface area contributed by atoms with Gasteiger partial charge in [0.05, 0.1) is 5.56 Å². The fourth-order valence-electron chi connectivity index (χ4n) is 0.992. The summed E-state index contributed by atoms with van der Waals surface area (Å²) in [6.07, 6.45) is 0. The summed E-state index contributed by atoms with van der Waals surface area (Å²) >= 11 is 0. The minimum Gasteiger partial charge on any atom is -0.507 e. The van der Waals surface area contributed by atoms with Gasteiger partial charge in [-0.25, -0.2) is 0 Å². The number of Topliss-reactive ketones (excluding diaryl/α,β-unsaturated/α-hetero) is 1. The second-order valence-electron chi connectivity index (χ2n) is 2.61. The van der Waals surface area contributed by atoms with Crippen molar-refractivity contribution in [3.05, 3.63) is 29.3 Å². The molecule has 0 atom stereocenters. The third-order valence-electron chi connectivity index (χ3n) is 1.68. The van der Waals surface area contributed by atoms with E-state index in [4.69, 9.17) is 5.73 Å². The number of benzene rings is 1. The normalized spacial score (nSPS) is 9.83. The number of ketones is 1. The molecule has 0 bridgehead atoms. The molecule has 0 saturated heterocycles. The SMILES string of the molecule is CC(=O)c1cc(CN)ccc1O. The van der Waals surface area contributed by atoms with Crippen LogP contribution in [-0.2, 0) is 6.54 Å². The summed E-state index contributed by atoms with van der Waals surface area (Å²) in [4.78, 5) is 10.9. The number of nitrogens with two attached hydrogens (primary N) is 1. The third-order valence-corrected chi connectivity index (χ3v) is 1.68. The van der Waals surface area contributed by atoms with Crippen LogP contribution < -0.4 is 5.73 Å². The lowest BCUT2D eigenvalue weighted by atomic mass is 10.1. The van der Waals surface area contributed by atoms with Gasteiger partial charge in [0.1, 0.15) is 5.75 Å². The largest absolute Gasteiger partial charge is 0.507 e. The molecule has 0 amide bonds. The molecule has 0 radical (unpaired) electrons. The standard InChI is InChI=1S/C9H11NO2/c1-6(11)8-4-7(5-10)2-3-9(8)12/h2-4,12H,5,10H2,1H3. The van der Waals surface area contributed by atoms with Gasteiger partial charge in [0.2, 0.25) is 0 Å². The van der Waals surface area contributed by atoms with Crippen LogP contribution >= 0.6 is 0 Å². The molecule has 0 aromatic heterocycles. The predicted octanol–water partition coefficient (Wildman–Crippen LogP) is 1.05. The van der Waals surface area contributed by atoms with Gasteiger partial charge in [0.15, 0.2) is 5.78 Å². The van der Waals surface area contributed by atoms with Gasteiger partial charge in [-0.3, -0.25) is 4.79 Å². The number of aromatic hydroxyl groups is 1. The molecule has 0 spiro atoms. The van der Waals surface area contributed by atoms with Crippen molar-refractivity contribution in [2.75, 3.05) is 0 Å². The van der Waals surface area contributed by atoms with Gasteiger partial charge in [-0.15, -0.1) is 0 Å². The highest BCUT2D eigenvalue weighted by atomic mass is 16.3. The zero-order chi connectivity index (χ0) is 9.14. The van der Waals surface area contributed by atoms with E-state index in [-0.39, 0.29) is 11.5 Å². The smallest absolute Gasteiger partial charge is 0.163 e. The van der Waals surface area contributed by atoms with E-state index in [1.165, 1.54) is 13.0 Å². The molecule has 1 aromatic carbocycles. The minimum absolute atomic E-state index is 0.0136. The Balaban J connectivity index is 3.17. The van der Waals surface area contributed by atoms with E-state index in [1.54, 1.807) is 12.1 Å². The van der Waals surface area contributed by atoms with Crippen molar-refractivity contribution in [3.8, 4) is 5.75 Å². The maximum absolute atomic E-state index is 10.9. The van der Waals surface area contributed by atoms with Gasteiger partial charge in [0, 0.05) is 6.54 Å². The molecular weight excluding hydrogens is 154 g/mol. The van der Waals surface area contributed by atoms with Crippen molar-refractivity contribution >= 4 is 5.78 Å². The lowest BCUT2D eigenvalue weighted by molar-refractivity contribution is 0.101. The van der Waals surface area contributed by atoms with E-state index < -0.39 is 0 Å². The summed E-state index contributed by atoms with van der Waals surface area (Å²) in [5, 5.41) is 9.24. The first-order chi connectivity index (χ1) is 5.65. The highest BCUT2D eigenvalue weighted by molar-refractivity contribution is 5.96. The second-order valence-corrected chi connectivity index (χ2v) is 2.61. The first kappa shape index (κ1) is 8.74. The molecule has 3 N–H and O–H groups in total. The highest BCUT2D eigenvalue weighted by Crippen LogP contribution is 2.18. The molecule has 0 unspecified atom stereocenters. The third kappa shape index (κ3) is 1.62. The summed E-state index contributed by atoms with van der Waals surface area (Å²) < 4.78 is 0. The molecule has 1 aromatic rings. The number of hydrogen-bond acceptors (Lipinski definition) is 3. The van der Waals surface area contributed by atoms with Crippen molar-refractivity contribution in [3.63, 3.8) is 0 Å². The van der Waals surface area contributed by atoms with Gasteiger partial charge in [-0.05, 0) is 24.6 Å². The minimum atomic E-state index is -0.150. The van der Waals surface area contributed by atoms with E-state index >= 15 is 0 Å². The van der Waals surface area contributed by atoms with E-state index in [1.807, 2.05) is 0 Å². The zero-order valence-corrected chi connectivity index (χ0v) is 6.87. The van der Waals surface area contributed by atoms with E-state index in [9.17, 15) is 9.90 Å². The zero-order valence-electron chi connectivity index (χ0n) is 6.87. The van der Waals surface area contributed by atoms with Gasteiger partial charge in [0.25, 0.3) is 0 Å². The molecule has 0 aliphatic rings. The number of phenols is 1. The van der Waals surface area contributed by atoms with Crippen molar-refractivity contribution in [2.45, 2.75) is 13.5 Å². The van der Waals surface area contributed by atoms with Crippen LogP contribution in [0.2, 0.25) is 0 Å². The lowest BCUT2D eigenvalue weighted by Gasteiger charge is -2.02. The Morgan fingerprint density at radius 1 is 1.58 bits per heavy atom. The van der Waals surface area contributed by atoms with E-state index in [2.05, 4.69) is 0 Å². The van der Waals surface area contributed by atoms with Crippen LogP contribution in [0.25, 0.3) is 0 Å². The Hall–Kier alpha value is -1.35. The summed E-state index contributed by atoms with van der Waals surface area (Å²) in [6.45, 7) is 1.79. The van der Waals surface area contributed by atoms with Crippen LogP contribution in [0.4, 0.5) is 0 Å². The first-order valence-electron chi connectivity index (χ1n) is 3.68. The average Bonchev–Trinajstić information content (AvgIpc) is 2.05. The van der Waals surface area contributed by atoms with Crippen molar-refractivity contribution in [1.82, 2.24) is 0 Å². The lowest BCUT2D eigenvalue weighted by Crippen LogP contribution is -1.99. The molecule has 3 heteroatoms. The van der Waals surface area contributed by atoms with Crippen LogP contribution in [0.1, 0.15) is 22.8 Å². The Kier molecular flexibility index (Phi) is 2.45. The summed E-state index contributed by atoms with van der Waals surface area (Å²) in [5.41, 5.74) is 6.55. The van der Waals surface area contributed by atoms with Crippen LogP contribution in [0, 0.1) is 0 Å². The molecule has 0 aliphatic heterocycles. The van der Waals surface area contributed by atoms with Gasteiger partial charge < -0.3 is 10.8 Å². The summed E-state index contributed by atoms with van der Waals surface area (Å²) in [6, 6.07) is 4.79. The Bertz CT molecular complexity index is 307. The predicted molar refractivity (Wildman–Crippen MR) is 46.0 cm³/mol. The van der Waals surface area contributed by atoms with Gasteiger partial charge in [-0.2, -0.15) is 0 Å².